The predicted molar refractivity (Wildman–Crippen MR) is 93.1 cm³/mol. The second kappa shape index (κ2) is 6.51. The number of fused-ring (bicyclic) bond motifs is 1. The Hall–Kier alpha value is -2.96. The molecule has 7 nitrogen and oxygen atoms in total. The van der Waals surface area contributed by atoms with Gasteiger partial charge < -0.3 is 9.47 Å². The largest absolute Gasteiger partial charge is 0.340 e. The maximum absolute atomic E-state index is 12.7. The normalized spacial score (nSPS) is 17.8. The highest BCUT2D eigenvalue weighted by molar-refractivity contribution is 5.82. The maximum atomic E-state index is 12.7. The van der Waals surface area contributed by atoms with Gasteiger partial charge in [-0.3, -0.25) is 14.7 Å². The SMILES string of the molecule is O=C(Cn1ccc2ccccc2c1=O)N1CCCC(c2ncn[nH]2)C1. The molecule has 2 aromatic heterocycles. The van der Waals surface area contributed by atoms with Crippen molar-refractivity contribution in [1.82, 2.24) is 24.6 Å². The fraction of sp³-hybridized carbons (Fsp3) is 0.333. The predicted octanol–water partition coefficient (Wildman–Crippen LogP) is 1.53. The lowest BCUT2D eigenvalue weighted by Crippen LogP contribution is -2.42. The molecular formula is C18H19N5O2. The van der Waals surface area contributed by atoms with Crippen LogP contribution in [-0.4, -0.2) is 43.6 Å². The van der Waals surface area contributed by atoms with Crippen LogP contribution in [0.15, 0.2) is 47.7 Å². The van der Waals surface area contributed by atoms with Crippen molar-refractivity contribution in [3.05, 3.63) is 59.0 Å². The summed E-state index contributed by atoms with van der Waals surface area (Å²) < 4.78 is 1.49. The number of hydrogen-bond donors (Lipinski definition) is 1. The summed E-state index contributed by atoms with van der Waals surface area (Å²) in [6, 6.07) is 9.30. The molecule has 1 atom stereocenters. The smallest absolute Gasteiger partial charge is 0.258 e. The number of aromatic amines is 1. The third kappa shape index (κ3) is 3.05. The van der Waals surface area contributed by atoms with Crippen molar-refractivity contribution in [2.45, 2.75) is 25.3 Å². The molecule has 1 fully saturated rings. The van der Waals surface area contributed by atoms with Gasteiger partial charge in [-0.25, -0.2) is 4.98 Å². The summed E-state index contributed by atoms with van der Waals surface area (Å²) in [5.74, 6) is 0.954. The van der Waals surface area contributed by atoms with E-state index in [9.17, 15) is 9.59 Å². The summed E-state index contributed by atoms with van der Waals surface area (Å²) in [4.78, 5) is 31.3. The maximum Gasteiger partial charge on any atom is 0.258 e. The highest BCUT2D eigenvalue weighted by Crippen LogP contribution is 2.24. The van der Waals surface area contributed by atoms with Gasteiger partial charge in [0, 0.05) is 30.6 Å². The molecule has 4 rings (SSSR count). The molecule has 3 aromatic rings. The first-order valence-electron chi connectivity index (χ1n) is 8.43. The van der Waals surface area contributed by atoms with Crippen LogP contribution in [0.4, 0.5) is 0 Å². The highest BCUT2D eigenvalue weighted by atomic mass is 16.2. The summed E-state index contributed by atoms with van der Waals surface area (Å²) in [5.41, 5.74) is -0.129. The average Bonchev–Trinajstić information content (AvgIpc) is 3.19. The van der Waals surface area contributed by atoms with Gasteiger partial charge in [0.1, 0.15) is 18.7 Å². The topological polar surface area (TPSA) is 83.9 Å². The van der Waals surface area contributed by atoms with Gasteiger partial charge in [0.15, 0.2) is 0 Å². The number of carbonyl (C=O) groups excluding carboxylic acids is 1. The van der Waals surface area contributed by atoms with Gasteiger partial charge in [-0.05, 0) is 30.4 Å². The molecule has 0 bridgehead atoms. The highest BCUT2D eigenvalue weighted by Gasteiger charge is 2.26. The van der Waals surface area contributed by atoms with E-state index >= 15 is 0 Å². The molecule has 1 aliphatic heterocycles. The van der Waals surface area contributed by atoms with Crippen LogP contribution in [0.25, 0.3) is 10.8 Å². The number of aromatic nitrogens is 4. The van der Waals surface area contributed by atoms with E-state index in [1.807, 2.05) is 29.2 Å². The number of rotatable bonds is 3. The standard InChI is InChI=1S/C18H19N5O2/c24-16(22-8-3-5-14(10-22)17-19-12-20-21-17)11-23-9-7-13-4-1-2-6-15(13)18(23)25/h1-2,4,6-7,9,12,14H,3,5,8,10-11H2,(H,19,20,21). The molecule has 1 saturated heterocycles. The first-order valence-corrected chi connectivity index (χ1v) is 8.43. The summed E-state index contributed by atoms with van der Waals surface area (Å²) in [5, 5.41) is 8.31. The fourth-order valence-electron chi connectivity index (χ4n) is 3.44. The van der Waals surface area contributed by atoms with Crippen molar-refractivity contribution >= 4 is 16.7 Å². The van der Waals surface area contributed by atoms with Gasteiger partial charge in [-0.1, -0.05) is 18.2 Å². The summed E-state index contributed by atoms with van der Waals surface area (Å²) in [6.07, 6.45) is 5.09. The van der Waals surface area contributed by atoms with E-state index in [0.29, 0.717) is 18.5 Å². The molecule has 1 aliphatic rings. The molecule has 25 heavy (non-hydrogen) atoms. The molecule has 0 spiro atoms. The molecule has 1 N–H and O–H groups in total. The van der Waals surface area contributed by atoms with Gasteiger partial charge >= 0.3 is 0 Å². The van der Waals surface area contributed by atoms with E-state index in [1.54, 1.807) is 12.3 Å². The van der Waals surface area contributed by atoms with E-state index in [1.165, 1.54) is 10.9 Å². The summed E-state index contributed by atoms with van der Waals surface area (Å²) >= 11 is 0. The van der Waals surface area contributed by atoms with Crippen LogP contribution in [0.2, 0.25) is 0 Å². The third-order valence-corrected chi connectivity index (χ3v) is 4.79. The lowest BCUT2D eigenvalue weighted by Gasteiger charge is -2.31. The van der Waals surface area contributed by atoms with Crippen molar-refractivity contribution in [2.24, 2.45) is 0 Å². The van der Waals surface area contributed by atoms with E-state index < -0.39 is 0 Å². The number of likely N-dealkylation sites (tertiary alicyclic amines) is 1. The van der Waals surface area contributed by atoms with Crippen LogP contribution in [-0.2, 0) is 11.3 Å². The zero-order valence-electron chi connectivity index (χ0n) is 13.8. The number of nitrogens with one attached hydrogen (secondary N) is 1. The van der Waals surface area contributed by atoms with E-state index in [2.05, 4.69) is 15.2 Å². The van der Waals surface area contributed by atoms with Crippen LogP contribution in [0.3, 0.4) is 0 Å². The van der Waals surface area contributed by atoms with Crippen LogP contribution in [0, 0.1) is 0 Å². The molecule has 7 heteroatoms. The zero-order chi connectivity index (χ0) is 17.2. The zero-order valence-corrected chi connectivity index (χ0v) is 13.8. The summed E-state index contributed by atoms with van der Waals surface area (Å²) in [7, 11) is 0. The molecular weight excluding hydrogens is 318 g/mol. The molecule has 0 aliphatic carbocycles. The van der Waals surface area contributed by atoms with Crippen LogP contribution in [0.5, 0.6) is 0 Å². The first kappa shape index (κ1) is 15.6. The Bertz CT molecular complexity index is 948. The first-order chi connectivity index (χ1) is 12.2. The van der Waals surface area contributed by atoms with E-state index in [-0.39, 0.29) is 23.9 Å². The van der Waals surface area contributed by atoms with E-state index in [0.717, 1.165) is 24.1 Å². The molecule has 1 unspecified atom stereocenters. The van der Waals surface area contributed by atoms with Gasteiger partial charge in [-0.15, -0.1) is 0 Å². The lowest BCUT2D eigenvalue weighted by molar-refractivity contribution is -0.133. The number of carbonyl (C=O) groups is 1. The quantitative estimate of drug-likeness (QED) is 0.785. The number of H-pyrrole nitrogens is 1. The Balaban J connectivity index is 1.52. The van der Waals surface area contributed by atoms with Crippen LogP contribution < -0.4 is 5.56 Å². The molecule has 0 saturated carbocycles. The van der Waals surface area contributed by atoms with E-state index in [4.69, 9.17) is 0 Å². The van der Waals surface area contributed by atoms with Gasteiger partial charge in [0.2, 0.25) is 5.91 Å². The van der Waals surface area contributed by atoms with Gasteiger partial charge in [0.05, 0.1) is 0 Å². The van der Waals surface area contributed by atoms with Crippen molar-refractivity contribution in [2.75, 3.05) is 13.1 Å². The molecule has 128 valence electrons. The number of amides is 1. The van der Waals surface area contributed by atoms with Gasteiger partial charge in [-0.2, -0.15) is 5.10 Å². The second-order valence-electron chi connectivity index (χ2n) is 6.39. The monoisotopic (exact) mass is 337 g/mol. The Morgan fingerprint density at radius 1 is 1.28 bits per heavy atom. The Labute approximate surface area is 144 Å². The molecule has 0 radical (unpaired) electrons. The third-order valence-electron chi connectivity index (χ3n) is 4.79. The second-order valence-corrected chi connectivity index (χ2v) is 6.39. The molecule has 1 aromatic carbocycles. The van der Waals surface area contributed by atoms with Crippen molar-refractivity contribution in [1.29, 1.82) is 0 Å². The average molecular weight is 337 g/mol. The molecule has 3 heterocycles. The number of pyridine rings is 1. The fourth-order valence-corrected chi connectivity index (χ4v) is 3.44. The minimum atomic E-state index is -0.129. The number of nitrogens with zero attached hydrogens (tertiary/aromatic N) is 4. The molecule has 1 amide bonds. The van der Waals surface area contributed by atoms with Gasteiger partial charge in [0.25, 0.3) is 5.56 Å². The van der Waals surface area contributed by atoms with Crippen molar-refractivity contribution in [3.63, 3.8) is 0 Å². The lowest BCUT2D eigenvalue weighted by atomic mass is 9.97. The van der Waals surface area contributed by atoms with Crippen LogP contribution in [0.1, 0.15) is 24.6 Å². The Kier molecular flexibility index (Phi) is 4.05. The minimum absolute atomic E-state index is 0.0402. The minimum Gasteiger partial charge on any atom is -0.340 e. The Morgan fingerprint density at radius 3 is 3.00 bits per heavy atom. The Morgan fingerprint density at radius 2 is 2.16 bits per heavy atom. The number of piperidine rings is 1. The summed E-state index contributed by atoms with van der Waals surface area (Å²) in [6.45, 7) is 1.38. The van der Waals surface area contributed by atoms with Crippen molar-refractivity contribution < 1.29 is 4.79 Å². The van der Waals surface area contributed by atoms with Crippen LogP contribution >= 0.6 is 0 Å². The van der Waals surface area contributed by atoms with Crippen molar-refractivity contribution in [3.8, 4) is 0 Å². The number of benzene rings is 1. The number of hydrogen-bond acceptors (Lipinski definition) is 4.